The summed E-state index contributed by atoms with van der Waals surface area (Å²) in [6.45, 7) is -0.366. The molecule has 0 aliphatic carbocycles. The van der Waals surface area contributed by atoms with Crippen LogP contribution >= 0.6 is 0 Å². The van der Waals surface area contributed by atoms with Crippen molar-refractivity contribution >= 4 is 23.1 Å². The Balaban J connectivity index is 1.70. The van der Waals surface area contributed by atoms with E-state index in [-0.39, 0.29) is 23.8 Å². The number of amidine groups is 1. The molecule has 0 spiro atoms. The van der Waals surface area contributed by atoms with E-state index in [0.717, 1.165) is 6.07 Å². The van der Waals surface area contributed by atoms with Gasteiger partial charge in [0, 0.05) is 24.7 Å². The van der Waals surface area contributed by atoms with Crippen molar-refractivity contribution in [3.8, 4) is 11.1 Å². The maximum absolute atomic E-state index is 13.9. The predicted molar refractivity (Wildman–Crippen MR) is 117 cm³/mol. The second-order valence-corrected chi connectivity index (χ2v) is 7.36. The first kappa shape index (κ1) is 21.6. The summed E-state index contributed by atoms with van der Waals surface area (Å²) >= 11 is 0. The number of carbonyl (C=O) groups is 1. The maximum Gasteiger partial charge on any atom is 0.417 e. The fraction of sp³-hybridized carbons (Fsp3) is 0.167. The summed E-state index contributed by atoms with van der Waals surface area (Å²) in [4.78, 5) is 16.2. The number of hydrogen-bond acceptors (Lipinski definition) is 4. The molecule has 1 amide bonds. The number of aliphatic hydroxyl groups excluding tert-OH is 1. The number of halogens is 3. The van der Waals surface area contributed by atoms with Crippen molar-refractivity contribution in [3.05, 3.63) is 82.9 Å². The molecule has 32 heavy (non-hydrogen) atoms. The lowest BCUT2D eigenvalue weighted by atomic mass is 9.92. The Morgan fingerprint density at radius 1 is 1.06 bits per heavy atom. The van der Waals surface area contributed by atoms with E-state index in [9.17, 15) is 23.1 Å². The van der Waals surface area contributed by atoms with E-state index in [0.29, 0.717) is 40.2 Å². The number of nitrogens with zero attached hydrogens (tertiary/aromatic N) is 1. The Morgan fingerprint density at radius 3 is 2.56 bits per heavy atom. The Hall–Kier alpha value is -3.65. The number of nitrogens with one attached hydrogen (secondary N) is 2. The summed E-state index contributed by atoms with van der Waals surface area (Å²) in [5.41, 5.74) is 1.92. The average Bonchev–Trinajstić information content (AvgIpc) is 3.18. The van der Waals surface area contributed by atoms with Gasteiger partial charge in [-0.1, -0.05) is 30.3 Å². The Kier molecular flexibility index (Phi) is 5.71. The summed E-state index contributed by atoms with van der Waals surface area (Å²) in [6, 6.07) is 15.8. The van der Waals surface area contributed by atoms with Crippen LogP contribution in [0.3, 0.4) is 0 Å². The molecule has 0 saturated heterocycles. The first-order valence-electron chi connectivity index (χ1n) is 9.90. The zero-order valence-corrected chi connectivity index (χ0v) is 17.1. The zero-order valence-electron chi connectivity index (χ0n) is 17.1. The van der Waals surface area contributed by atoms with Crippen LogP contribution in [0.25, 0.3) is 11.1 Å². The van der Waals surface area contributed by atoms with E-state index in [1.54, 1.807) is 48.5 Å². The number of hydrogen-bond donors (Lipinski definition) is 3. The highest BCUT2D eigenvalue weighted by Crippen LogP contribution is 2.43. The van der Waals surface area contributed by atoms with E-state index in [2.05, 4.69) is 15.6 Å². The molecule has 0 bridgehead atoms. The third kappa shape index (κ3) is 4.22. The lowest BCUT2D eigenvalue weighted by molar-refractivity contribution is -0.137. The van der Waals surface area contributed by atoms with Gasteiger partial charge in [-0.3, -0.25) is 4.79 Å². The molecule has 3 aromatic rings. The van der Waals surface area contributed by atoms with Gasteiger partial charge in [-0.05, 0) is 52.6 Å². The molecular formula is C24H20F3N3O2. The Labute approximate surface area is 182 Å². The van der Waals surface area contributed by atoms with Gasteiger partial charge in [-0.15, -0.1) is 0 Å². The standard InChI is InChI=1S/C24H20F3N3O2/c1-28-23(32)14-6-4-7-17(9-14)29-22-11-16-10-19(18-8-3-2-5-15(18)13-31)20(24(25,26)27)12-21(16)30-22/h2-10,12,31H,11,13H2,1H3,(H,28,32)(H,29,30). The van der Waals surface area contributed by atoms with Crippen molar-refractivity contribution in [1.29, 1.82) is 0 Å². The average molecular weight is 439 g/mol. The molecule has 3 aromatic carbocycles. The van der Waals surface area contributed by atoms with Crippen molar-refractivity contribution in [2.75, 3.05) is 12.4 Å². The van der Waals surface area contributed by atoms with Crippen LogP contribution in [0.1, 0.15) is 27.0 Å². The molecule has 0 saturated carbocycles. The van der Waals surface area contributed by atoms with Crippen molar-refractivity contribution in [2.24, 2.45) is 4.99 Å². The molecule has 1 aliphatic heterocycles. The minimum atomic E-state index is -4.58. The number of anilines is 1. The lowest BCUT2D eigenvalue weighted by Crippen LogP contribution is -2.18. The Morgan fingerprint density at radius 2 is 1.84 bits per heavy atom. The van der Waals surface area contributed by atoms with Crippen LogP contribution in [0, 0.1) is 0 Å². The number of fused-ring (bicyclic) bond motifs is 1. The molecule has 3 N–H and O–H groups in total. The van der Waals surface area contributed by atoms with Gasteiger partial charge in [-0.2, -0.15) is 13.2 Å². The molecule has 8 heteroatoms. The predicted octanol–water partition coefficient (Wildman–Crippen LogP) is 4.92. The highest BCUT2D eigenvalue weighted by molar-refractivity contribution is 6.03. The first-order chi connectivity index (χ1) is 15.3. The maximum atomic E-state index is 13.9. The molecule has 164 valence electrons. The van der Waals surface area contributed by atoms with Gasteiger partial charge in [0.1, 0.15) is 5.84 Å². The number of benzene rings is 3. The van der Waals surface area contributed by atoms with E-state index >= 15 is 0 Å². The smallest absolute Gasteiger partial charge is 0.392 e. The summed E-state index contributed by atoms with van der Waals surface area (Å²) in [7, 11) is 1.53. The fourth-order valence-corrected chi connectivity index (χ4v) is 3.74. The third-order valence-corrected chi connectivity index (χ3v) is 5.26. The molecule has 1 aliphatic rings. The summed E-state index contributed by atoms with van der Waals surface area (Å²) in [5, 5.41) is 15.3. The van der Waals surface area contributed by atoms with Crippen molar-refractivity contribution in [1.82, 2.24) is 5.32 Å². The van der Waals surface area contributed by atoms with Crippen molar-refractivity contribution in [2.45, 2.75) is 19.2 Å². The van der Waals surface area contributed by atoms with Crippen LogP contribution in [-0.4, -0.2) is 23.9 Å². The number of aliphatic hydroxyl groups is 1. The Bertz CT molecular complexity index is 1220. The van der Waals surface area contributed by atoms with Gasteiger partial charge < -0.3 is 15.7 Å². The van der Waals surface area contributed by atoms with Crippen LogP contribution < -0.4 is 10.6 Å². The first-order valence-corrected chi connectivity index (χ1v) is 9.90. The molecular weight excluding hydrogens is 419 g/mol. The van der Waals surface area contributed by atoms with Gasteiger partial charge in [0.05, 0.1) is 17.9 Å². The van der Waals surface area contributed by atoms with Gasteiger partial charge in [0.2, 0.25) is 0 Å². The molecule has 0 fully saturated rings. The normalized spacial score (nSPS) is 12.8. The minimum absolute atomic E-state index is 0.0129. The summed E-state index contributed by atoms with van der Waals surface area (Å²) < 4.78 is 41.6. The van der Waals surface area contributed by atoms with E-state index in [1.807, 2.05) is 0 Å². The second-order valence-electron chi connectivity index (χ2n) is 7.36. The lowest BCUT2D eigenvalue weighted by Gasteiger charge is -2.17. The molecule has 4 rings (SSSR count). The largest absolute Gasteiger partial charge is 0.417 e. The SMILES string of the molecule is CNC(=O)c1cccc(NC2=Nc3cc(C(F)(F)F)c(-c4ccccc4CO)cc3C2)c1. The van der Waals surface area contributed by atoms with Crippen LogP contribution in [-0.2, 0) is 19.2 Å². The molecule has 0 radical (unpaired) electrons. The number of rotatable bonds is 4. The monoisotopic (exact) mass is 439 g/mol. The van der Waals surface area contributed by atoms with Gasteiger partial charge in [-0.25, -0.2) is 4.99 Å². The topological polar surface area (TPSA) is 73.7 Å². The summed E-state index contributed by atoms with van der Waals surface area (Å²) in [6.07, 6.45) is -4.27. The highest BCUT2D eigenvalue weighted by atomic mass is 19.4. The van der Waals surface area contributed by atoms with E-state index in [1.165, 1.54) is 13.1 Å². The van der Waals surface area contributed by atoms with Crippen LogP contribution in [0.5, 0.6) is 0 Å². The van der Waals surface area contributed by atoms with E-state index < -0.39 is 11.7 Å². The van der Waals surface area contributed by atoms with Crippen LogP contribution in [0.4, 0.5) is 24.5 Å². The number of amides is 1. The van der Waals surface area contributed by atoms with Crippen molar-refractivity contribution in [3.63, 3.8) is 0 Å². The number of aliphatic imine (C=N–C) groups is 1. The van der Waals surface area contributed by atoms with Crippen LogP contribution in [0.2, 0.25) is 0 Å². The minimum Gasteiger partial charge on any atom is -0.392 e. The van der Waals surface area contributed by atoms with Crippen molar-refractivity contribution < 1.29 is 23.1 Å². The molecule has 0 aromatic heterocycles. The van der Waals surface area contributed by atoms with Crippen LogP contribution in [0.15, 0.2) is 65.7 Å². The molecule has 5 nitrogen and oxygen atoms in total. The number of carbonyl (C=O) groups excluding carboxylic acids is 1. The molecule has 0 unspecified atom stereocenters. The fourth-order valence-electron chi connectivity index (χ4n) is 3.74. The van der Waals surface area contributed by atoms with Gasteiger partial charge in [0.25, 0.3) is 5.91 Å². The highest BCUT2D eigenvalue weighted by Gasteiger charge is 2.36. The summed E-state index contributed by atoms with van der Waals surface area (Å²) in [5.74, 6) is 0.238. The van der Waals surface area contributed by atoms with Gasteiger partial charge in [0.15, 0.2) is 0 Å². The number of alkyl halides is 3. The molecule has 1 heterocycles. The zero-order chi connectivity index (χ0) is 22.9. The molecule has 0 atom stereocenters. The van der Waals surface area contributed by atoms with E-state index in [4.69, 9.17) is 0 Å². The second kappa shape index (κ2) is 8.47. The van der Waals surface area contributed by atoms with Gasteiger partial charge >= 0.3 is 6.18 Å². The third-order valence-electron chi connectivity index (χ3n) is 5.26. The quantitative estimate of drug-likeness (QED) is 0.540.